The van der Waals surface area contributed by atoms with Crippen LogP contribution in [0.15, 0.2) is 53.1 Å². The molecule has 0 radical (unpaired) electrons. The van der Waals surface area contributed by atoms with Crippen LogP contribution >= 0.6 is 0 Å². The van der Waals surface area contributed by atoms with Crippen LogP contribution in [0.1, 0.15) is 30.0 Å². The summed E-state index contributed by atoms with van der Waals surface area (Å²) in [7, 11) is 3.28. The first-order valence-electron chi connectivity index (χ1n) is 9.17. The molecule has 0 N–H and O–H groups in total. The molecule has 1 saturated heterocycles. The molecule has 0 saturated carbocycles. The molecule has 27 heavy (non-hydrogen) atoms. The van der Waals surface area contributed by atoms with Gasteiger partial charge in [-0.2, -0.15) is 0 Å². The minimum absolute atomic E-state index is 0.127. The first kappa shape index (κ1) is 17.5. The highest BCUT2D eigenvalue weighted by molar-refractivity contribution is 5.88. The summed E-state index contributed by atoms with van der Waals surface area (Å²) in [4.78, 5) is 15.0. The molecule has 3 aromatic rings. The van der Waals surface area contributed by atoms with Gasteiger partial charge in [0, 0.05) is 23.6 Å². The van der Waals surface area contributed by atoms with Crippen molar-refractivity contribution in [2.75, 3.05) is 20.8 Å². The van der Waals surface area contributed by atoms with E-state index in [9.17, 15) is 4.79 Å². The maximum Gasteiger partial charge on any atom is 0.227 e. The van der Waals surface area contributed by atoms with Gasteiger partial charge in [-0.15, -0.1) is 0 Å². The third kappa shape index (κ3) is 3.37. The Hall–Kier alpha value is -2.95. The molecule has 0 aliphatic carbocycles. The largest absolute Gasteiger partial charge is 0.497 e. The molecular weight excluding hydrogens is 342 g/mol. The van der Waals surface area contributed by atoms with Crippen LogP contribution in [0.4, 0.5) is 0 Å². The van der Waals surface area contributed by atoms with E-state index < -0.39 is 0 Å². The number of nitrogens with zero attached hydrogens (tertiary/aromatic N) is 1. The summed E-state index contributed by atoms with van der Waals surface area (Å²) in [5, 5.41) is 0.962. The Morgan fingerprint density at radius 2 is 1.85 bits per heavy atom. The number of carbonyl (C=O) groups is 1. The lowest BCUT2D eigenvalue weighted by atomic mass is 10.0. The lowest BCUT2D eigenvalue weighted by molar-refractivity contribution is -0.131. The smallest absolute Gasteiger partial charge is 0.227 e. The Labute approximate surface area is 158 Å². The highest BCUT2D eigenvalue weighted by Crippen LogP contribution is 2.34. The molecule has 1 aliphatic heterocycles. The van der Waals surface area contributed by atoms with Crippen LogP contribution in [0.3, 0.4) is 0 Å². The molecule has 1 atom stereocenters. The van der Waals surface area contributed by atoms with E-state index in [1.807, 2.05) is 35.2 Å². The average Bonchev–Trinajstić information content (AvgIpc) is 3.35. The zero-order chi connectivity index (χ0) is 18.8. The fourth-order valence-electron chi connectivity index (χ4n) is 3.83. The van der Waals surface area contributed by atoms with Crippen LogP contribution in [-0.4, -0.2) is 31.6 Å². The minimum atomic E-state index is 0.127. The third-order valence-electron chi connectivity index (χ3n) is 5.28. The van der Waals surface area contributed by atoms with Crippen LogP contribution in [0.2, 0.25) is 0 Å². The number of hydrogen-bond donors (Lipinski definition) is 0. The van der Waals surface area contributed by atoms with Gasteiger partial charge in [0.1, 0.15) is 17.1 Å². The quantitative estimate of drug-likeness (QED) is 0.674. The maximum atomic E-state index is 13.0. The number of rotatable bonds is 5. The van der Waals surface area contributed by atoms with E-state index in [1.54, 1.807) is 20.5 Å². The van der Waals surface area contributed by atoms with Crippen LogP contribution in [-0.2, 0) is 11.2 Å². The van der Waals surface area contributed by atoms with Crippen LogP contribution in [0.25, 0.3) is 11.0 Å². The normalized spacial score (nSPS) is 16.7. The van der Waals surface area contributed by atoms with E-state index in [2.05, 4.69) is 12.1 Å². The summed E-state index contributed by atoms with van der Waals surface area (Å²) >= 11 is 0. The van der Waals surface area contributed by atoms with Gasteiger partial charge in [0.05, 0.1) is 32.9 Å². The lowest BCUT2D eigenvalue weighted by Gasteiger charge is -2.25. The fourth-order valence-corrected chi connectivity index (χ4v) is 3.83. The van der Waals surface area contributed by atoms with Crippen LogP contribution < -0.4 is 9.47 Å². The summed E-state index contributed by atoms with van der Waals surface area (Å²) in [5.74, 6) is 1.70. The number of ether oxygens (including phenoxy) is 2. The minimum Gasteiger partial charge on any atom is -0.497 e. The van der Waals surface area contributed by atoms with Crippen LogP contribution in [0.5, 0.6) is 11.5 Å². The maximum absolute atomic E-state index is 13.0. The average molecular weight is 365 g/mol. The molecular formula is C22H23NO4. The number of methoxy groups -OCH3 is 2. The van der Waals surface area contributed by atoms with E-state index in [1.165, 1.54) is 0 Å². The molecule has 140 valence electrons. The number of amides is 1. The van der Waals surface area contributed by atoms with Gasteiger partial charge in [-0.1, -0.05) is 12.1 Å². The molecule has 5 nitrogen and oxygen atoms in total. The van der Waals surface area contributed by atoms with E-state index >= 15 is 0 Å². The molecule has 1 unspecified atom stereocenters. The second-order valence-electron chi connectivity index (χ2n) is 6.82. The molecule has 5 heteroatoms. The van der Waals surface area contributed by atoms with Crippen molar-refractivity contribution in [2.45, 2.75) is 25.3 Å². The Bertz CT molecular complexity index is 945. The molecule has 4 rings (SSSR count). The highest BCUT2D eigenvalue weighted by Gasteiger charge is 2.30. The highest BCUT2D eigenvalue weighted by atomic mass is 16.5. The standard InChI is InChI=1S/C22H23NO4/c1-25-17-7-5-15(6-8-17)20-4-3-11-23(20)22(24)12-16-14-27-21-13-18(26-2)9-10-19(16)21/h5-10,13-14,20H,3-4,11-12H2,1-2H3. The molecule has 1 aromatic heterocycles. The van der Waals surface area contributed by atoms with Gasteiger partial charge in [0.15, 0.2) is 0 Å². The van der Waals surface area contributed by atoms with E-state index in [0.29, 0.717) is 6.42 Å². The zero-order valence-corrected chi connectivity index (χ0v) is 15.6. The molecule has 2 heterocycles. The zero-order valence-electron chi connectivity index (χ0n) is 15.6. The van der Waals surface area contributed by atoms with Gasteiger partial charge >= 0.3 is 0 Å². The summed E-state index contributed by atoms with van der Waals surface area (Å²) in [6.45, 7) is 0.791. The van der Waals surface area contributed by atoms with Gasteiger partial charge in [-0.05, 0) is 42.7 Å². The Morgan fingerprint density at radius 1 is 1.11 bits per heavy atom. The van der Waals surface area contributed by atoms with Crippen molar-refractivity contribution >= 4 is 16.9 Å². The molecule has 2 aromatic carbocycles. The number of benzene rings is 2. The first-order valence-corrected chi connectivity index (χ1v) is 9.17. The molecule has 1 aliphatic rings. The summed E-state index contributed by atoms with van der Waals surface area (Å²) in [5.41, 5.74) is 2.81. The van der Waals surface area contributed by atoms with E-state index in [4.69, 9.17) is 13.9 Å². The lowest BCUT2D eigenvalue weighted by Crippen LogP contribution is -2.31. The number of likely N-dealkylation sites (tertiary alicyclic amines) is 1. The van der Waals surface area contributed by atoms with E-state index in [-0.39, 0.29) is 11.9 Å². The van der Waals surface area contributed by atoms with Gasteiger partial charge in [-0.25, -0.2) is 0 Å². The molecule has 1 amide bonds. The predicted octanol–water partition coefficient (Wildman–Crippen LogP) is 4.36. The van der Waals surface area contributed by atoms with Crippen molar-refractivity contribution in [1.29, 1.82) is 0 Å². The van der Waals surface area contributed by atoms with Crippen LogP contribution in [0, 0.1) is 0 Å². The van der Waals surface area contributed by atoms with Gasteiger partial charge in [0.2, 0.25) is 5.91 Å². The number of furan rings is 1. The monoisotopic (exact) mass is 365 g/mol. The fraction of sp³-hybridized carbons (Fsp3) is 0.318. The number of fused-ring (bicyclic) bond motifs is 1. The van der Waals surface area contributed by atoms with Crippen molar-refractivity contribution in [3.63, 3.8) is 0 Å². The first-order chi connectivity index (χ1) is 13.2. The Kier molecular flexibility index (Phi) is 4.75. The Balaban J connectivity index is 1.53. The van der Waals surface area contributed by atoms with Crippen molar-refractivity contribution < 1.29 is 18.7 Å². The molecule has 0 spiro atoms. The van der Waals surface area contributed by atoms with Gasteiger partial charge < -0.3 is 18.8 Å². The van der Waals surface area contributed by atoms with Crippen molar-refractivity contribution in [3.05, 3.63) is 59.9 Å². The topological polar surface area (TPSA) is 51.9 Å². The SMILES string of the molecule is COc1ccc(C2CCCN2C(=O)Cc2coc3cc(OC)ccc23)cc1. The van der Waals surface area contributed by atoms with Gasteiger partial charge in [0.25, 0.3) is 0 Å². The van der Waals surface area contributed by atoms with E-state index in [0.717, 1.165) is 53.0 Å². The Morgan fingerprint density at radius 3 is 2.59 bits per heavy atom. The van der Waals surface area contributed by atoms with Crippen molar-refractivity contribution in [1.82, 2.24) is 4.90 Å². The summed E-state index contributed by atoms with van der Waals surface area (Å²) in [6.07, 6.45) is 4.03. The summed E-state index contributed by atoms with van der Waals surface area (Å²) < 4.78 is 16.1. The van der Waals surface area contributed by atoms with Crippen molar-refractivity contribution in [2.24, 2.45) is 0 Å². The second-order valence-corrected chi connectivity index (χ2v) is 6.82. The summed E-state index contributed by atoms with van der Waals surface area (Å²) in [6, 6.07) is 13.8. The number of hydrogen-bond acceptors (Lipinski definition) is 4. The second kappa shape index (κ2) is 7.35. The molecule has 1 fully saturated rings. The molecule has 0 bridgehead atoms. The third-order valence-corrected chi connectivity index (χ3v) is 5.28. The predicted molar refractivity (Wildman–Crippen MR) is 103 cm³/mol. The van der Waals surface area contributed by atoms with Gasteiger partial charge in [-0.3, -0.25) is 4.79 Å². The van der Waals surface area contributed by atoms with Crippen molar-refractivity contribution in [3.8, 4) is 11.5 Å². The number of carbonyl (C=O) groups excluding carboxylic acids is 1.